The number of aldehydes is 1. The summed E-state index contributed by atoms with van der Waals surface area (Å²) in [5.41, 5.74) is -1.12. The average molecular weight is 859 g/mol. The topological polar surface area (TPSA) is 301 Å². The van der Waals surface area contributed by atoms with Gasteiger partial charge in [-0.15, -0.1) is 0 Å². The Labute approximate surface area is 347 Å². The van der Waals surface area contributed by atoms with Crippen molar-refractivity contribution in [2.75, 3.05) is 19.8 Å². The van der Waals surface area contributed by atoms with Crippen molar-refractivity contribution in [1.82, 2.24) is 0 Å². The second-order valence-electron chi connectivity index (χ2n) is 18.8. The lowest BCUT2D eigenvalue weighted by Crippen LogP contribution is -2.66. The predicted molar refractivity (Wildman–Crippen MR) is 199 cm³/mol. The maximum atomic E-state index is 13.2. The monoisotopic (exact) mass is 858 g/mol. The summed E-state index contributed by atoms with van der Waals surface area (Å²) >= 11 is 0. The summed E-state index contributed by atoms with van der Waals surface area (Å²) in [7, 11) is 0. The lowest BCUT2D eigenvalue weighted by molar-refractivity contribution is -0.379. The summed E-state index contributed by atoms with van der Waals surface area (Å²) in [4.78, 5) is 25.2. The van der Waals surface area contributed by atoms with E-state index < -0.39 is 128 Å². The van der Waals surface area contributed by atoms with Crippen molar-refractivity contribution in [3.8, 4) is 0 Å². The summed E-state index contributed by atoms with van der Waals surface area (Å²) in [6.45, 7) is 2.42. The summed E-state index contributed by atoms with van der Waals surface area (Å²) in [6, 6.07) is 0. The lowest BCUT2D eigenvalue weighted by Gasteiger charge is -2.63. The molecule has 340 valence electrons. The number of carbonyl (C=O) groups excluding carboxylic acids is 2. The molecule has 4 aliphatic carbocycles. The Kier molecular flexibility index (Phi) is 12.7. The van der Waals surface area contributed by atoms with Crippen LogP contribution in [0.1, 0.15) is 71.6 Å². The molecular weight excluding hydrogens is 796 g/mol. The van der Waals surface area contributed by atoms with Gasteiger partial charge in [-0.05, 0) is 94.0 Å². The van der Waals surface area contributed by atoms with Gasteiger partial charge in [0.2, 0.25) is 0 Å². The first kappa shape index (κ1) is 44.8. The SMILES string of the molecule is C[C@H]1O[C@@H](O[C@H]2CC[C@@]3(C=O)[C@@H](CC[C@@H]4[C@@H]3CC[C@]3(C)[C@@H](C5=CC(=O)OC5)CC[C@]43O)C2)[C@H](O)[C@@H](O)[C@@H]1O[C@@H]1O[C@H](CO)[C@@H](O[C@@H]2O[C@H](CO)[C@@H](O)[C@@H](O)[C@H]2O)[C@H](O)[C@H]1O. The smallest absolute Gasteiger partial charge is 0.331 e. The Hall–Kier alpha value is -1.76. The zero-order chi connectivity index (χ0) is 43.1. The van der Waals surface area contributed by atoms with Gasteiger partial charge in [-0.1, -0.05) is 6.92 Å². The van der Waals surface area contributed by atoms with E-state index in [9.17, 15) is 60.7 Å². The van der Waals surface area contributed by atoms with E-state index in [0.717, 1.165) is 37.5 Å². The molecule has 7 fully saturated rings. The summed E-state index contributed by atoms with van der Waals surface area (Å²) < 4.78 is 40.2. The minimum atomic E-state index is -1.87. The summed E-state index contributed by atoms with van der Waals surface area (Å²) in [5.74, 6) is -0.427. The first-order valence-corrected chi connectivity index (χ1v) is 21.5. The molecule has 0 aromatic rings. The van der Waals surface area contributed by atoms with Gasteiger partial charge in [-0.25, -0.2) is 4.79 Å². The highest BCUT2D eigenvalue weighted by Gasteiger charge is 2.69. The van der Waals surface area contributed by atoms with Gasteiger partial charge in [-0.3, -0.25) is 0 Å². The van der Waals surface area contributed by atoms with Crippen molar-refractivity contribution >= 4 is 12.3 Å². The molecule has 60 heavy (non-hydrogen) atoms. The van der Waals surface area contributed by atoms with Crippen LogP contribution < -0.4 is 0 Å². The highest BCUT2D eigenvalue weighted by molar-refractivity contribution is 5.85. The molecule has 0 radical (unpaired) electrons. The van der Waals surface area contributed by atoms with E-state index in [1.165, 1.54) is 0 Å². The number of aliphatic hydroxyl groups excluding tert-OH is 9. The fourth-order valence-corrected chi connectivity index (χ4v) is 12.7. The minimum absolute atomic E-state index is 0.0193. The predicted octanol–water partition coefficient (Wildman–Crippen LogP) is -2.72. The maximum absolute atomic E-state index is 13.2. The highest BCUT2D eigenvalue weighted by atomic mass is 16.8. The Morgan fingerprint density at radius 3 is 2.00 bits per heavy atom. The Bertz CT molecular complexity index is 1600. The number of hydrogen-bond acceptors (Lipinski definition) is 19. The van der Waals surface area contributed by atoms with Crippen molar-refractivity contribution in [3.63, 3.8) is 0 Å². The third-order valence-electron chi connectivity index (χ3n) is 16.1. The molecule has 0 amide bonds. The van der Waals surface area contributed by atoms with Crippen molar-refractivity contribution < 1.29 is 93.8 Å². The Balaban J connectivity index is 0.877. The van der Waals surface area contributed by atoms with E-state index in [-0.39, 0.29) is 36.2 Å². The summed E-state index contributed by atoms with van der Waals surface area (Å²) in [5, 5.41) is 107. The van der Waals surface area contributed by atoms with E-state index in [1.807, 2.05) is 0 Å². The highest BCUT2D eigenvalue weighted by Crippen LogP contribution is 2.69. The number of fused-ring (bicyclic) bond motifs is 5. The number of cyclic esters (lactones) is 1. The molecule has 4 saturated carbocycles. The minimum Gasteiger partial charge on any atom is -0.458 e. The van der Waals surface area contributed by atoms with E-state index in [2.05, 4.69) is 6.92 Å². The van der Waals surface area contributed by atoms with Gasteiger partial charge in [0.05, 0.1) is 31.0 Å². The van der Waals surface area contributed by atoms with Crippen molar-refractivity contribution in [2.45, 2.75) is 175 Å². The van der Waals surface area contributed by atoms with Gasteiger partial charge in [0.1, 0.15) is 80.0 Å². The first-order valence-electron chi connectivity index (χ1n) is 21.5. The molecule has 8 rings (SSSR count). The van der Waals surface area contributed by atoms with Crippen LogP contribution in [0.4, 0.5) is 0 Å². The molecule has 19 nitrogen and oxygen atoms in total. The third-order valence-corrected chi connectivity index (χ3v) is 16.1. The van der Waals surface area contributed by atoms with E-state index in [4.69, 9.17) is 33.2 Å². The van der Waals surface area contributed by atoms with Crippen LogP contribution in [0.2, 0.25) is 0 Å². The first-order chi connectivity index (χ1) is 28.5. The van der Waals surface area contributed by atoms with Crippen LogP contribution in [-0.4, -0.2) is 187 Å². The fourth-order valence-electron chi connectivity index (χ4n) is 12.7. The molecule has 23 atom stereocenters. The zero-order valence-corrected chi connectivity index (χ0v) is 33.8. The number of esters is 1. The Morgan fingerprint density at radius 2 is 1.35 bits per heavy atom. The molecule has 10 N–H and O–H groups in total. The largest absolute Gasteiger partial charge is 0.458 e. The van der Waals surface area contributed by atoms with Crippen LogP contribution in [0.15, 0.2) is 11.6 Å². The van der Waals surface area contributed by atoms with Gasteiger partial charge < -0.3 is 89.0 Å². The number of carbonyl (C=O) groups is 2. The maximum Gasteiger partial charge on any atom is 0.331 e. The molecule has 0 spiro atoms. The molecule has 3 saturated heterocycles. The zero-order valence-electron chi connectivity index (χ0n) is 33.8. The van der Waals surface area contributed by atoms with Crippen LogP contribution in [0.25, 0.3) is 0 Å². The van der Waals surface area contributed by atoms with Crippen LogP contribution in [-0.2, 0) is 42.7 Å². The van der Waals surface area contributed by atoms with Crippen molar-refractivity contribution in [2.24, 2.45) is 34.5 Å². The molecule has 8 aliphatic rings. The van der Waals surface area contributed by atoms with E-state index in [0.29, 0.717) is 32.1 Å². The van der Waals surface area contributed by atoms with Crippen LogP contribution >= 0.6 is 0 Å². The molecule has 0 unspecified atom stereocenters. The molecular formula is C41H62O19. The second kappa shape index (κ2) is 17.0. The van der Waals surface area contributed by atoms with Crippen LogP contribution in [0, 0.1) is 34.5 Å². The van der Waals surface area contributed by atoms with Gasteiger partial charge >= 0.3 is 5.97 Å². The normalized spacial score (nSPS) is 54.3. The molecule has 0 bridgehead atoms. The number of hydrogen-bond donors (Lipinski definition) is 10. The molecule has 0 aromatic carbocycles. The van der Waals surface area contributed by atoms with Gasteiger partial charge in [0.25, 0.3) is 0 Å². The van der Waals surface area contributed by atoms with E-state index >= 15 is 0 Å². The lowest BCUT2D eigenvalue weighted by atomic mass is 9.43. The third kappa shape index (κ3) is 7.21. The quantitative estimate of drug-likeness (QED) is 0.0607. The van der Waals surface area contributed by atoms with Crippen molar-refractivity contribution in [1.29, 1.82) is 0 Å². The number of aliphatic hydroxyl groups is 10. The van der Waals surface area contributed by atoms with Gasteiger partial charge in [0, 0.05) is 16.9 Å². The molecule has 4 aliphatic heterocycles. The molecule has 4 heterocycles. The standard InChI is InChI=1S/C41H62O19/c1-17-34(59-38-33(52)30(49)35(25(14-43)58-38)60-37-31(50)28(47)27(46)24(13-42)57-37)29(48)32(51)36(55-17)56-20-5-9-40(16-44)19(12-20)3-4-23-22(40)6-8-39(2)21(7-10-41(23,39)53)18-11-26(45)54-15-18/h11,16-17,19-25,27-38,42-43,46-53H,3-10,12-15H2,1-2H3/t17-,19+,20+,21-,22+,23-,24-,25-,27-,28-,29-,30-,31-,32-,33-,34-,35-,36+,37+,38+,39-,40-,41+/m1/s1. The molecule has 19 heteroatoms. The number of ether oxygens (including phenoxy) is 7. The van der Waals surface area contributed by atoms with Gasteiger partial charge in [0.15, 0.2) is 18.9 Å². The fraction of sp³-hybridized carbons (Fsp3) is 0.902. The van der Waals surface area contributed by atoms with Crippen molar-refractivity contribution in [3.05, 3.63) is 11.6 Å². The molecule has 0 aromatic heterocycles. The number of rotatable bonds is 10. The van der Waals surface area contributed by atoms with Gasteiger partial charge in [-0.2, -0.15) is 0 Å². The average Bonchev–Trinajstić information content (AvgIpc) is 3.79. The Morgan fingerprint density at radius 1 is 0.717 bits per heavy atom. The summed E-state index contributed by atoms with van der Waals surface area (Å²) in [6.07, 6.45) is -15.4. The van der Waals surface area contributed by atoms with Crippen LogP contribution in [0.3, 0.4) is 0 Å². The van der Waals surface area contributed by atoms with Crippen LogP contribution in [0.5, 0.6) is 0 Å². The second-order valence-corrected chi connectivity index (χ2v) is 18.8. The van der Waals surface area contributed by atoms with E-state index in [1.54, 1.807) is 13.0 Å².